The summed E-state index contributed by atoms with van der Waals surface area (Å²) in [5.41, 5.74) is 1.21. The monoisotopic (exact) mass is 447 g/mol. The zero-order chi connectivity index (χ0) is 22.8. The van der Waals surface area contributed by atoms with Crippen molar-refractivity contribution < 1.29 is 19.1 Å². The van der Waals surface area contributed by atoms with E-state index in [2.05, 4.69) is 20.3 Å². The van der Waals surface area contributed by atoms with Gasteiger partial charge in [0.25, 0.3) is 5.91 Å². The van der Waals surface area contributed by atoms with Crippen molar-refractivity contribution in [2.24, 2.45) is 0 Å². The van der Waals surface area contributed by atoms with Crippen LogP contribution < -0.4 is 5.32 Å². The molecule has 3 rings (SSSR count). The molecule has 0 spiro atoms. The van der Waals surface area contributed by atoms with Crippen LogP contribution in [0, 0.1) is 0 Å². The standard InChI is InChI=1S/C21H26ClN5O4/c1-12-18(27(6-7-30-12)20(29)31-21(2,3)4)13-8-15(26-17(22)9-13)14-10-16(19(28)23-5)25-11-24-14/h8-12,18H,6-7H2,1-5H3,(H,23,28)/t12-,18-/m1/s1. The van der Waals surface area contributed by atoms with E-state index >= 15 is 0 Å². The molecular formula is C21H26ClN5O4. The first kappa shape index (κ1) is 22.9. The van der Waals surface area contributed by atoms with Crippen molar-refractivity contribution in [1.82, 2.24) is 25.2 Å². The van der Waals surface area contributed by atoms with Crippen LogP contribution >= 0.6 is 11.6 Å². The molecule has 166 valence electrons. The van der Waals surface area contributed by atoms with Crippen molar-refractivity contribution in [3.8, 4) is 11.4 Å². The van der Waals surface area contributed by atoms with E-state index in [1.54, 1.807) is 17.0 Å². The fourth-order valence-electron chi connectivity index (χ4n) is 3.37. The number of ether oxygens (including phenoxy) is 2. The maximum atomic E-state index is 12.9. The third kappa shape index (κ3) is 5.48. The number of halogens is 1. The average Bonchev–Trinajstić information content (AvgIpc) is 2.71. The quantitative estimate of drug-likeness (QED) is 0.719. The maximum absolute atomic E-state index is 12.9. The van der Waals surface area contributed by atoms with E-state index in [0.29, 0.717) is 24.5 Å². The number of carbonyl (C=O) groups is 2. The van der Waals surface area contributed by atoms with Gasteiger partial charge in [0.2, 0.25) is 0 Å². The molecule has 0 aliphatic carbocycles. The van der Waals surface area contributed by atoms with E-state index < -0.39 is 17.7 Å². The molecule has 1 aliphatic heterocycles. The number of hydrogen-bond acceptors (Lipinski definition) is 7. The van der Waals surface area contributed by atoms with Gasteiger partial charge in [0, 0.05) is 13.6 Å². The van der Waals surface area contributed by atoms with Crippen LogP contribution in [0.2, 0.25) is 5.15 Å². The average molecular weight is 448 g/mol. The molecule has 31 heavy (non-hydrogen) atoms. The first-order chi connectivity index (χ1) is 14.6. The summed E-state index contributed by atoms with van der Waals surface area (Å²) >= 11 is 6.32. The number of amides is 2. The van der Waals surface area contributed by atoms with Crippen LogP contribution in [0.4, 0.5) is 4.79 Å². The minimum Gasteiger partial charge on any atom is -0.444 e. The first-order valence-electron chi connectivity index (χ1n) is 9.92. The fraction of sp³-hybridized carbons (Fsp3) is 0.476. The molecule has 3 heterocycles. The summed E-state index contributed by atoms with van der Waals surface area (Å²) in [6.07, 6.45) is 0.576. The lowest BCUT2D eigenvalue weighted by atomic mass is 9.99. The van der Waals surface area contributed by atoms with E-state index in [1.807, 2.05) is 27.7 Å². The smallest absolute Gasteiger partial charge is 0.410 e. The van der Waals surface area contributed by atoms with Crippen LogP contribution in [0.3, 0.4) is 0 Å². The molecule has 10 heteroatoms. The highest BCUT2D eigenvalue weighted by Crippen LogP contribution is 2.33. The minimum atomic E-state index is -0.624. The first-order valence-corrected chi connectivity index (χ1v) is 10.3. The molecule has 0 unspecified atom stereocenters. The Morgan fingerprint density at radius 3 is 2.65 bits per heavy atom. The second-order valence-electron chi connectivity index (χ2n) is 8.17. The molecule has 0 bridgehead atoms. The number of nitrogens with one attached hydrogen (secondary N) is 1. The second kappa shape index (κ2) is 9.15. The highest BCUT2D eigenvalue weighted by Gasteiger charge is 2.37. The SMILES string of the molecule is CNC(=O)c1cc(-c2cc([C@H]3[C@@H](C)OCCN3C(=O)OC(C)(C)C)cc(Cl)n2)ncn1. The highest BCUT2D eigenvalue weighted by atomic mass is 35.5. The van der Waals surface area contributed by atoms with E-state index in [9.17, 15) is 9.59 Å². The van der Waals surface area contributed by atoms with Gasteiger partial charge >= 0.3 is 6.09 Å². The maximum Gasteiger partial charge on any atom is 0.410 e. The van der Waals surface area contributed by atoms with Crippen molar-refractivity contribution in [3.05, 3.63) is 40.9 Å². The van der Waals surface area contributed by atoms with Crippen molar-refractivity contribution in [3.63, 3.8) is 0 Å². The number of nitrogens with zero attached hydrogens (tertiary/aromatic N) is 4. The van der Waals surface area contributed by atoms with Crippen molar-refractivity contribution >= 4 is 23.6 Å². The zero-order valence-electron chi connectivity index (χ0n) is 18.2. The van der Waals surface area contributed by atoms with Gasteiger partial charge in [-0.2, -0.15) is 0 Å². The van der Waals surface area contributed by atoms with Gasteiger partial charge < -0.3 is 14.8 Å². The fourth-order valence-corrected chi connectivity index (χ4v) is 3.58. The Morgan fingerprint density at radius 2 is 1.97 bits per heavy atom. The summed E-state index contributed by atoms with van der Waals surface area (Å²) in [6.45, 7) is 8.15. The summed E-state index contributed by atoms with van der Waals surface area (Å²) in [4.78, 5) is 39.0. The molecule has 0 radical (unpaired) electrons. The third-order valence-corrected chi connectivity index (χ3v) is 4.86. The Kier molecular flexibility index (Phi) is 6.76. The topological polar surface area (TPSA) is 107 Å². The summed E-state index contributed by atoms with van der Waals surface area (Å²) in [6, 6.07) is 4.59. The summed E-state index contributed by atoms with van der Waals surface area (Å²) in [7, 11) is 1.52. The van der Waals surface area contributed by atoms with Crippen LogP contribution in [-0.4, -0.2) is 63.8 Å². The molecule has 1 N–H and O–H groups in total. The molecule has 1 fully saturated rings. The molecule has 2 aromatic rings. The largest absolute Gasteiger partial charge is 0.444 e. The van der Waals surface area contributed by atoms with Crippen LogP contribution in [0.25, 0.3) is 11.4 Å². The Hall–Kier alpha value is -2.78. The Labute approximate surface area is 186 Å². The van der Waals surface area contributed by atoms with Crippen molar-refractivity contribution in [2.45, 2.75) is 45.4 Å². The molecule has 2 aromatic heterocycles. The van der Waals surface area contributed by atoms with E-state index in [1.165, 1.54) is 19.4 Å². The lowest BCUT2D eigenvalue weighted by Gasteiger charge is -2.40. The van der Waals surface area contributed by atoms with Gasteiger partial charge in [0.1, 0.15) is 22.8 Å². The van der Waals surface area contributed by atoms with E-state index in [4.69, 9.17) is 21.1 Å². The third-order valence-electron chi connectivity index (χ3n) is 4.67. The molecule has 2 amide bonds. The van der Waals surface area contributed by atoms with Gasteiger partial charge in [-0.3, -0.25) is 9.69 Å². The van der Waals surface area contributed by atoms with Gasteiger partial charge in [-0.1, -0.05) is 11.6 Å². The normalized spacial score (nSPS) is 19.1. The number of aromatic nitrogens is 3. The summed E-state index contributed by atoms with van der Waals surface area (Å²) in [5, 5.41) is 2.76. The van der Waals surface area contributed by atoms with Gasteiger partial charge in [-0.05, 0) is 51.5 Å². The molecule has 0 saturated carbocycles. The number of hydrogen-bond donors (Lipinski definition) is 1. The molecular weight excluding hydrogens is 422 g/mol. The van der Waals surface area contributed by atoms with Crippen LogP contribution in [-0.2, 0) is 9.47 Å². The molecule has 1 aliphatic rings. The number of morpholine rings is 1. The predicted molar refractivity (Wildman–Crippen MR) is 115 cm³/mol. The van der Waals surface area contributed by atoms with Crippen molar-refractivity contribution in [1.29, 1.82) is 0 Å². The van der Waals surface area contributed by atoms with Gasteiger partial charge in [-0.15, -0.1) is 0 Å². The van der Waals surface area contributed by atoms with Crippen LogP contribution in [0.5, 0.6) is 0 Å². The Balaban J connectivity index is 2.00. The number of rotatable bonds is 3. The molecule has 0 aromatic carbocycles. The number of pyridine rings is 1. The molecule has 1 saturated heterocycles. The van der Waals surface area contributed by atoms with Crippen LogP contribution in [0.1, 0.15) is 49.8 Å². The van der Waals surface area contributed by atoms with Gasteiger partial charge in [0.15, 0.2) is 0 Å². The molecule has 2 atom stereocenters. The molecule has 9 nitrogen and oxygen atoms in total. The lowest BCUT2D eigenvalue weighted by molar-refractivity contribution is -0.0698. The zero-order valence-corrected chi connectivity index (χ0v) is 18.9. The second-order valence-corrected chi connectivity index (χ2v) is 8.56. The summed E-state index contributed by atoms with van der Waals surface area (Å²) < 4.78 is 11.4. The van der Waals surface area contributed by atoms with Crippen LogP contribution in [0.15, 0.2) is 24.5 Å². The summed E-state index contributed by atoms with van der Waals surface area (Å²) in [5.74, 6) is -0.337. The van der Waals surface area contributed by atoms with Gasteiger partial charge in [0.05, 0.1) is 30.1 Å². The Bertz CT molecular complexity index is 978. The Morgan fingerprint density at radius 1 is 1.23 bits per heavy atom. The van der Waals surface area contributed by atoms with Crippen molar-refractivity contribution in [2.75, 3.05) is 20.2 Å². The van der Waals surface area contributed by atoms with E-state index in [-0.39, 0.29) is 22.9 Å². The highest BCUT2D eigenvalue weighted by molar-refractivity contribution is 6.29. The minimum absolute atomic E-state index is 0.209. The van der Waals surface area contributed by atoms with E-state index in [0.717, 1.165) is 5.56 Å². The van der Waals surface area contributed by atoms with Gasteiger partial charge in [-0.25, -0.2) is 19.7 Å². The number of carbonyl (C=O) groups excluding carboxylic acids is 2. The predicted octanol–water partition coefficient (Wildman–Crippen LogP) is 3.25. The lowest BCUT2D eigenvalue weighted by Crippen LogP contribution is -2.48.